The fraction of sp³-hybridized carbons (Fsp3) is 0.440. The molecule has 1 fully saturated rings. The number of fused-ring (bicyclic) bond motifs is 1. The number of hydrogen-bond donors (Lipinski definition) is 2. The molecule has 1 saturated carbocycles. The van der Waals surface area contributed by atoms with Gasteiger partial charge in [0.05, 0.1) is 6.04 Å². The van der Waals surface area contributed by atoms with Crippen molar-refractivity contribution >= 4 is 28.1 Å². The summed E-state index contributed by atoms with van der Waals surface area (Å²) in [5.74, 6) is 0.295. The van der Waals surface area contributed by atoms with Crippen molar-refractivity contribution in [2.45, 2.75) is 70.2 Å². The number of nitrogens with one attached hydrogen (secondary N) is 2. The number of ether oxygens (including phenoxy) is 2. The van der Waals surface area contributed by atoms with Gasteiger partial charge in [-0.05, 0) is 74.4 Å². The highest BCUT2D eigenvalue weighted by molar-refractivity contribution is 9.10. The van der Waals surface area contributed by atoms with Gasteiger partial charge in [0.1, 0.15) is 12.2 Å². The Morgan fingerprint density at radius 1 is 1.06 bits per heavy atom. The lowest BCUT2D eigenvalue weighted by Gasteiger charge is -2.19. The lowest BCUT2D eigenvalue weighted by atomic mass is 10.1. The van der Waals surface area contributed by atoms with Gasteiger partial charge in [0.25, 0.3) is 0 Å². The van der Waals surface area contributed by atoms with E-state index in [1.54, 1.807) is 0 Å². The minimum atomic E-state index is -0.499. The lowest BCUT2D eigenvalue weighted by molar-refractivity contribution is 0.0522. The van der Waals surface area contributed by atoms with E-state index in [1.165, 1.54) is 5.56 Å². The van der Waals surface area contributed by atoms with E-state index >= 15 is 0 Å². The van der Waals surface area contributed by atoms with Crippen molar-refractivity contribution in [3.8, 4) is 0 Å². The van der Waals surface area contributed by atoms with Crippen molar-refractivity contribution < 1.29 is 19.1 Å². The summed E-state index contributed by atoms with van der Waals surface area (Å²) in [5, 5.41) is 5.89. The van der Waals surface area contributed by atoms with Crippen molar-refractivity contribution in [1.82, 2.24) is 10.6 Å². The molecule has 7 heteroatoms. The molecule has 0 heterocycles. The number of alkyl carbamates (subject to hydrolysis) is 2. The monoisotopic (exact) mass is 500 g/mol. The number of carbonyl (C=O) groups excluding carboxylic acids is 2. The van der Waals surface area contributed by atoms with Gasteiger partial charge in [0.2, 0.25) is 0 Å². The summed E-state index contributed by atoms with van der Waals surface area (Å²) < 4.78 is 11.8. The van der Waals surface area contributed by atoms with E-state index in [-0.39, 0.29) is 24.8 Å². The van der Waals surface area contributed by atoms with Crippen LogP contribution in [0.1, 0.15) is 67.8 Å². The van der Waals surface area contributed by atoms with E-state index < -0.39 is 11.7 Å². The average molecular weight is 501 g/mol. The number of carbonyl (C=O) groups is 2. The molecule has 170 valence electrons. The van der Waals surface area contributed by atoms with Crippen LogP contribution < -0.4 is 10.6 Å². The highest BCUT2D eigenvalue weighted by atomic mass is 79.9. The number of amides is 2. The van der Waals surface area contributed by atoms with Gasteiger partial charge in [-0.3, -0.25) is 0 Å². The second-order valence-electron chi connectivity index (χ2n) is 9.49. The molecule has 2 amide bonds. The number of rotatable bonds is 5. The third-order valence-electron chi connectivity index (χ3n) is 5.75. The van der Waals surface area contributed by atoms with Gasteiger partial charge in [0.15, 0.2) is 0 Å². The molecule has 2 aromatic carbocycles. The van der Waals surface area contributed by atoms with E-state index in [1.807, 2.05) is 51.1 Å². The van der Waals surface area contributed by atoms with Gasteiger partial charge < -0.3 is 20.1 Å². The van der Waals surface area contributed by atoms with Crippen LogP contribution in [0.4, 0.5) is 9.59 Å². The van der Waals surface area contributed by atoms with Crippen molar-refractivity contribution in [1.29, 1.82) is 0 Å². The van der Waals surface area contributed by atoms with Gasteiger partial charge in [-0.2, -0.15) is 0 Å². The molecule has 2 aromatic rings. The zero-order chi connectivity index (χ0) is 22.9. The van der Waals surface area contributed by atoms with Gasteiger partial charge in [-0.1, -0.05) is 46.3 Å². The number of halogens is 1. The first kappa shape index (κ1) is 22.6. The third-order valence-corrected chi connectivity index (χ3v) is 6.24. The molecule has 3 atom stereocenters. The molecule has 0 spiro atoms. The first-order valence-electron chi connectivity index (χ1n) is 11.0. The molecule has 3 unspecified atom stereocenters. The molecular weight excluding hydrogens is 472 g/mol. The summed E-state index contributed by atoms with van der Waals surface area (Å²) >= 11 is 3.49. The first-order valence-corrected chi connectivity index (χ1v) is 11.8. The summed E-state index contributed by atoms with van der Waals surface area (Å²) in [5.41, 5.74) is 4.01. The Kier molecular flexibility index (Phi) is 6.47. The molecule has 4 rings (SSSR count). The van der Waals surface area contributed by atoms with Gasteiger partial charge >= 0.3 is 12.2 Å². The molecule has 0 saturated heterocycles. The molecule has 32 heavy (non-hydrogen) atoms. The van der Waals surface area contributed by atoms with Gasteiger partial charge in [-0.25, -0.2) is 9.59 Å². The maximum absolute atomic E-state index is 12.3. The standard InChI is InChI=1S/C25H29BrN2O4/c1-25(2,3)32-24(30)28-22-13-20(22)16-6-4-15(5-7-16)14-31-23(29)27-21-11-8-17-12-18(26)9-10-19(17)21/h4-7,9-10,12,20-22H,8,11,13-14H2,1-3H3,(H,27,29)(H,28,30). The molecule has 0 aromatic heterocycles. The molecule has 2 N–H and O–H groups in total. The zero-order valence-electron chi connectivity index (χ0n) is 18.6. The van der Waals surface area contributed by atoms with Crippen LogP contribution in [0.15, 0.2) is 46.9 Å². The van der Waals surface area contributed by atoms with Crippen LogP contribution in [0.2, 0.25) is 0 Å². The summed E-state index contributed by atoms with van der Waals surface area (Å²) in [6.45, 7) is 5.77. The summed E-state index contributed by atoms with van der Waals surface area (Å²) in [4.78, 5) is 24.2. The maximum Gasteiger partial charge on any atom is 0.407 e. The Balaban J connectivity index is 1.22. The van der Waals surface area contributed by atoms with Crippen LogP contribution >= 0.6 is 15.9 Å². The molecule has 0 aliphatic heterocycles. The average Bonchev–Trinajstić information content (AvgIpc) is 3.36. The Labute approximate surface area is 197 Å². The minimum absolute atomic E-state index is 0.00255. The topological polar surface area (TPSA) is 76.7 Å². The normalized spacial score (nSPS) is 21.4. The highest BCUT2D eigenvalue weighted by Gasteiger charge is 2.40. The van der Waals surface area contributed by atoms with Crippen LogP contribution in [-0.4, -0.2) is 23.8 Å². The summed E-state index contributed by atoms with van der Waals surface area (Å²) in [6, 6.07) is 14.3. The molecule has 2 aliphatic carbocycles. The molecule has 0 radical (unpaired) electrons. The van der Waals surface area contributed by atoms with Crippen LogP contribution in [0.5, 0.6) is 0 Å². The highest BCUT2D eigenvalue weighted by Crippen LogP contribution is 2.41. The zero-order valence-corrected chi connectivity index (χ0v) is 20.2. The van der Waals surface area contributed by atoms with Crippen LogP contribution in [0.25, 0.3) is 0 Å². The van der Waals surface area contributed by atoms with Crippen molar-refractivity contribution in [3.05, 3.63) is 69.2 Å². The molecule has 6 nitrogen and oxygen atoms in total. The largest absolute Gasteiger partial charge is 0.445 e. The molecule has 2 aliphatic rings. The van der Waals surface area contributed by atoms with Gasteiger partial charge in [-0.15, -0.1) is 0 Å². The first-order chi connectivity index (χ1) is 15.2. The van der Waals surface area contributed by atoms with Crippen LogP contribution in [0.3, 0.4) is 0 Å². The lowest BCUT2D eigenvalue weighted by Crippen LogP contribution is -2.34. The quantitative estimate of drug-likeness (QED) is 0.548. The SMILES string of the molecule is CC(C)(C)OC(=O)NC1CC1c1ccc(COC(=O)NC2CCc3cc(Br)ccc32)cc1. The molecular formula is C25H29BrN2O4. The smallest absolute Gasteiger partial charge is 0.407 e. The maximum atomic E-state index is 12.3. The summed E-state index contributed by atoms with van der Waals surface area (Å²) in [6.07, 6.45) is 1.95. The number of aryl methyl sites for hydroxylation is 1. The Bertz CT molecular complexity index is 1000. The number of benzene rings is 2. The third kappa shape index (κ3) is 5.82. The predicted molar refractivity (Wildman–Crippen MR) is 125 cm³/mol. The number of hydrogen-bond acceptors (Lipinski definition) is 4. The molecule has 0 bridgehead atoms. The second-order valence-corrected chi connectivity index (χ2v) is 10.4. The van der Waals surface area contributed by atoms with Crippen molar-refractivity contribution in [3.63, 3.8) is 0 Å². The van der Waals surface area contributed by atoms with E-state index in [2.05, 4.69) is 38.7 Å². The van der Waals surface area contributed by atoms with E-state index in [0.717, 1.165) is 40.4 Å². The fourth-order valence-corrected chi connectivity index (χ4v) is 4.52. The van der Waals surface area contributed by atoms with E-state index in [4.69, 9.17) is 9.47 Å². The van der Waals surface area contributed by atoms with E-state index in [0.29, 0.717) is 5.92 Å². The minimum Gasteiger partial charge on any atom is -0.445 e. The van der Waals surface area contributed by atoms with Crippen molar-refractivity contribution in [2.75, 3.05) is 0 Å². The van der Waals surface area contributed by atoms with Crippen LogP contribution in [-0.2, 0) is 22.5 Å². The predicted octanol–water partition coefficient (Wildman–Crippen LogP) is 5.74. The summed E-state index contributed by atoms with van der Waals surface area (Å²) in [7, 11) is 0. The van der Waals surface area contributed by atoms with E-state index in [9.17, 15) is 9.59 Å². The van der Waals surface area contributed by atoms with Crippen molar-refractivity contribution in [2.24, 2.45) is 0 Å². The van der Waals surface area contributed by atoms with Crippen LogP contribution in [0, 0.1) is 0 Å². The van der Waals surface area contributed by atoms with Gasteiger partial charge in [0, 0.05) is 16.4 Å². The Morgan fingerprint density at radius 2 is 1.81 bits per heavy atom. The fourth-order valence-electron chi connectivity index (χ4n) is 4.11. The Morgan fingerprint density at radius 3 is 2.53 bits per heavy atom. The Hall–Kier alpha value is -2.54. The second kappa shape index (κ2) is 9.14.